The van der Waals surface area contributed by atoms with Crippen molar-refractivity contribution in [2.45, 2.75) is 37.6 Å². The van der Waals surface area contributed by atoms with Gasteiger partial charge in [-0.2, -0.15) is 0 Å². The maximum Gasteiger partial charge on any atom is 0.305 e. The van der Waals surface area contributed by atoms with Crippen molar-refractivity contribution in [1.82, 2.24) is 0 Å². The number of halogens is 1. The summed E-state index contributed by atoms with van der Waals surface area (Å²) >= 11 is 0. The first-order valence-electron chi connectivity index (χ1n) is 3.63. The molecule has 0 aromatic carbocycles. The van der Waals surface area contributed by atoms with Gasteiger partial charge in [-0.1, -0.05) is 12.8 Å². The molecule has 0 heterocycles. The smallest absolute Gasteiger partial charge is 0.305 e. The molecule has 0 unspecified atom stereocenters. The minimum Gasteiger partial charge on any atom is -0.481 e. The van der Waals surface area contributed by atoms with Crippen LogP contribution in [0.1, 0.15) is 32.1 Å². The van der Waals surface area contributed by atoms with Crippen LogP contribution < -0.4 is 5.73 Å². The predicted octanol–water partition coefficient (Wildman–Crippen LogP) is 1.15. The van der Waals surface area contributed by atoms with E-state index in [2.05, 4.69) is 0 Å². The third-order valence-electron chi connectivity index (χ3n) is 2.10. The molecular formula is C7H14ClNO2. The maximum atomic E-state index is 10.3. The molecule has 11 heavy (non-hydrogen) atoms. The normalized spacial score (nSPS) is 20.8. The summed E-state index contributed by atoms with van der Waals surface area (Å²) < 4.78 is 0. The zero-order valence-electron chi connectivity index (χ0n) is 6.38. The molecule has 66 valence electrons. The van der Waals surface area contributed by atoms with Crippen LogP contribution in [0.4, 0.5) is 0 Å². The summed E-state index contributed by atoms with van der Waals surface area (Å²) in [7, 11) is 0. The van der Waals surface area contributed by atoms with Crippen molar-refractivity contribution in [2.24, 2.45) is 5.73 Å². The molecule has 0 saturated heterocycles. The van der Waals surface area contributed by atoms with Gasteiger partial charge in [0.1, 0.15) is 0 Å². The SMILES string of the molecule is Cl.NC1(CC(=O)O)CCCC1. The lowest BCUT2D eigenvalue weighted by atomic mass is 9.95. The molecule has 0 aromatic heterocycles. The van der Waals surface area contributed by atoms with Crippen LogP contribution in [-0.2, 0) is 4.79 Å². The van der Waals surface area contributed by atoms with E-state index in [1.165, 1.54) is 0 Å². The summed E-state index contributed by atoms with van der Waals surface area (Å²) in [5.74, 6) is -0.774. The zero-order chi connectivity index (χ0) is 7.61. The van der Waals surface area contributed by atoms with E-state index in [-0.39, 0.29) is 24.4 Å². The molecule has 3 nitrogen and oxygen atoms in total. The van der Waals surface area contributed by atoms with Crippen LogP contribution >= 0.6 is 12.4 Å². The average Bonchev–Trinajstić information content (AvgIpc) is 2.12. The molecule has 0 spiro atoms. The Labute approximate surface area is 72.4 Å². The molecule has 1 aliphatic carbocycles. The molecule has 1 fully saturated rings. The van der Waals surface area contributed by atoms with E-state index in [0.29, 0.717) is 0 Å². The largest absolute Gasteiger partial charge is 0.481 e. The van der Waals surface area contributed by atoms with Crippen LogP contribution in [0.5, 0.6) is 0 Å². The number of hydrogen-bond acceptors (Lipinski definition) is 2. The van der Waals surface area contributed by atoms with Gasteiger partial charge in [-0.25, -0.2) is 0 Å². The fraction of sp³-hybridized carbons (Fsp3) is 0.857. The van der Waals surface area contributed by atoms with Crippen LogP contribution in [-0.4, -0.2) is 16.6 Å². The Morgan fingerprint density at radius 3 is 2.27 bits per heavy atom. The van der Waals surface area contributed by atoms with E-state index < -0.39 is 5.97 Å². The summed E-state index contributed by atoms with van der Waals surface area (Å²) in [5.41, 5.74) is 5.40. The zero-order valence-corrected chi connectivity index (χ0v) is 7.19. The van der Waals surface area contributed by atoms with Crippen molar-refractivity contribution in [3.8, 4) is 0 Å². The van der Waals surface area contributed by atoms with E-state index in [1.54, 1.807) is 0 Å². The van der Waals surface area contributed by atoms with Crippen LogP contribution in [0.2, 0.25) is 0 Å². The second-order valence-electron chi connectivity index (χ2n) is 3.14. The number of hydrogen-bond donors (Lipinski definition) is 2. The van der Waals surface area contributed by atoms with Gasteiger partial charge in [-0.3, -0.25) is 4.79 Å². The van der Waals surface area contributed by atoms with Crippen molar-refractivity contribution >= 4 is 18.4 Å². The molecule has 0 atom stereocenters. The summed E-state index contributed by atoms with van der Waals surface area (Å²) in [6.45, 7) is 0. The van der Waals surface area contributed by atoms with Crippen molar-refractivity contribution in [1.29, 1.82) is 0 Å². The fourth-order valence-electron chi connectivity index (χ4n) is 1.56. The van der Waals surface area contributed by atoms with Gasteiger partial charge in [-0.15, -0.1) is 12.4 Å². The molecule has 0 amide bonds. The molecule has 0 bridgehead atoms. The van der Waals surface area contributed by atoms with Gasteiger partial charge in [0.2, 0.25) is 0 Å². The van der Waals surface area contributed by atoms with E-state index in [4.69, 9.17) is 10.8 Å². The number of nitrogens with two attached hydrogens (primary N) is 1. The number of aliphatic carboxylic acids is 1. The maximum absolute atomic E-state index is 10.3. The highest BCUT2D eigenvalue weighted by molar-refractivity contribution is 5.85. The van der Waals surface area contributed by atoms with Gasteiger partial charge in [0, 0.05) is 5.54 Å². The summed E-state index contributed by atoms with van der Waals surface area (Å²) in [6.07, 6.45) is 4.05. The monoisotopic (exact) mass is 179 g/mol. The van der Waals surface area contributed by atoms with Gasteiger partial charge >= 0.3 is 5.97 Å². The molecule has 1 rings (SSSR count). The third kappa shape index (κ3) is 3.08. The fourth-order valence-corrected chi connectivity index (χ4v) is 1.56. The summed E-state index contributed by atoms with van der Waals surface area (Å²) in [5, 5.41) is 8.46. The minimum absolute atomic E-state index is 0. The molecular weight excluding hydrogens is 166 g/mol. The lowest BCUT2D eigenvalue weighted by molar-refractivity contribution is -0.138. The van der Waals surface area contributed by atoms with E-state index in [1.807, 2.05) is 0 Å². The number of rotatable bonds is 2. The molecule has 0 radical (unpaired) electrons. The van der Waals surface area contributed by atoms with Gasteiger partial charge in [0.05, 0.1) is 6.42 Å². The molecule has 0 aromatic rings. The van der Waals surface area contributed by atoms with Gasteiger partial charge in [0.25, 0.3) is 0 Å². The molecule has 3 N–H and O–H groups in total. The number of carbonyl (C=O) groups is 1. The lowest BCUT2D eigenvalue weighted by Gasteiger charge is -2.19. The highest BCUT2D eigenvalue weighted by atomic mass is 35.5. The molecule has 1 saturated carbocycles. The Morgan fingerprint density at radius 1 is 1.45 bits per heavy atom. The second kappa shape index (κ2) is 3.93. The summed E-state index contributed by atoms with van der Waals surface area (Å²) in [4.78, 5) is 10.3. The van der Waals surface area contributed by atoms with Crippen molar-refractivity contribution in [2.75, 3.05) is 0 Å². The first kappa shape index (κ1) is 10.7. The van der Waals surface area contributed by atoms with Crippen LogP contribution in [0.3, 0.4) is 0 Å². The van der Waals surface area contributed by atoms with Crippen LogP contribution in [0.15, 0.2) is 0 Å². The lowest BCUT2D eigenvalue weighted by Crippen LogP contribution is -2.38. The predicted molar refractivity (Wildman–Crippen MR) is 44.9 cm³/mol. The second-order valence-corrected chi connectivity index (χ2v) is 3.14. The first-order valence-corrected chi connectivity index (χ1v) is 3.63. The first-order chi connectivity index (χ1) is 4.62. The van der Waals surface area contributed by atoms with Gasteiger partial charge < -0.3 is 10.8 Å². The standard InChI is InChI=1S/C7H13NO2.ClH/c8-7(5-6(9)10)3-1-2-4-7;/h1-5,8H2,(H,9,10);1H. The van der Waals surface area contributed by atoms with E-state index in [0.717, 1.165) is 25.7 Å². The minimum atomic E-state index is -0.774. The van der Waals surface area contributed by atoms with Gasteiger partial charge in [-0.05, 0) is 12.8 Å². The van der Waals surface area contributed by atoms with Crippen LogP contribution in [0.25, 0.3) is 0 Å². The Morgan fingerprint density at radius 2 is 1.91 bits per heavy atom. The van der Waals surface area contributed by atoms with E-state index in [9.17, 15) is 4.79 Å². The van der Waals surface area contributed by atoms with E-state index >= 15 is 0 Å². The highest BCUT2D eigenvalue weighted by Gasteiger charge is 2.31. The Bertz CT molecular complexity index is 143. The Hall–Kier alpha value is -0.280. The molecule has 0 aliphatic heterocycles. The summed E-state index contributed by atoms with van der Waals surface area (Å²) in [6, 6.07) is 0. The number of carboxylic acid groups (broad SMARTS) is 1. The van der Waals surface area contributed by atoms with Crippen molar-refractivity contribution in [3.63, 3.8) is 0 Å². The highest BCUT2D eigenvalue weighted by Crippen LogP contribution is 2.29. The molecule has 1 aliphatic rings. The topological polar surface area (TPSA) is 63.3 Å². The Kier molecular flexibility index (Phi) is 3.83. The van der Waals surface area contributed by atoms with Gasteiger partial charge in [0.15, 0.2) is 0 Å². The quantitative estimate of drug-likeness (QED) is 0.669. The third-order valence-corrected chi connectivity index (χ3v) is 2.10. The number of carboxylic acids is 1. The van der Waals surface area contributed by atoms with Crippen molar-refractivity contribution in [3.05, 3.63) is 0 Å². The van der Waals surface area contributed by atoms with Crippen LogP contribution in [0, 0.1) is 0 Å². The average molecular weight is 180 g/mol. The molecule has 4 heteroatoms. The van der Waals surface area contributed by atoms with Crippen molar-refractivity contribution < 1.29 is 9.90 Å². The Balaban J connectivity index is 0.000001000.